The van der Waals surface area contributed by atoms with E-state index in [0.717, 1.165) is 186 Å². The minimum atomic E-state index is -4.95. The van der Waals surface area contributed by atoms with E-state index in [9.17, 15) is 43.5 Å². The van der Waals surface area contributed by atoms with E-state index >= 15 is 0 Å². The van der Waals surface area contributed by atoms with Crippen molar-refractivity contribution in [2.75, 3.05) is 39.6 Å². The number of unbranched alkanes of at least 4 members (excludes halogenated alkanes) is 18. The monoisotopic (exact) mass is 1420 g/mol. The standard InChI is InChI=1S/C81H132O16P2/c1-4-7-10-13-16-19-22-25-28-31-33-34-35-36-37-38-39-40-42-45-46-49-52-55-58-61-64-67-79(84)91-70-76(82)71-93-98(87,88)94-72-77(83)73-95-99(89,90)96-75-78(97-81(86)69-66-63-60-57-54-51-48-43-30-27-24-21-18-15-12-9-6-3)74-92-80(85)68-65-62-59-56-53-50-47-44-41-32-29-26-23-20-17-14-11-8-5-2/h7-12,16-21,25-30,33-34,36-37,39-41,44,48,51,76-78,82-83H,4-6,13-15,22-24,31-32,35,38,42-43,45-47,49-50,52-75H2,1-3H3,(H,87,88)(H,89,90)/b10-7-,11-8-,12-9-,19-16-,20-17-,21-18-,28-25-,29-26-,30-27-,34-33-,37-36-,40-39-,44-41-,51-48-. The summed E-state index contributed by atoms with van der Waals surface area (Å²) in [6, 6.07) is 0. The fourth-order valence-corrected chi connectivity index (χ4v) is 10.9. The zero-order chi connectivity index (χ0) is 72.3. The number of carbonyl (C=O) groups excluding carboxylic acids is 3. The number of allylic oxidation sites excluding steroid dienone is 28. The van der Waals surface area contributed by atoms with Crippen molar-refractivity contribution >= 4 is 33.6 Å². The molecule has 0 aromatic rings. The number of aliphatic hydroxyl groups is 2. The quantitative estimate of drug-likeness (QED) is 0.0146. The Hall–Kier alpha value is -5.09. The van der Waals surface area contributed by atoms with Crippen molar-refractivity contribution in [3.05, 3.63) is 170 Å². The number of aliphatic hydroxyl groups excluding tert-OH is 2. The zero-order valence-corrected chi connectivity index (χ0v) is 62.9. The summed E-state index contributed by atoms with van der Waals surface area (Å²) in [7, 11) is -9.81. The summed E-state index contributed by atoms with van der Waals surface area (Å²) in [4.78, 5) is 58.6. The van der Waals surface area contributed by atoms with E-state index < -0.39 is 91.5 Å². The second kappa shape index (κ2) is 72.7. The summed E-state index contributed by atoms with van der Waals surface area (Å²) in [5.41, 5.74) is 0. The van der Waals surface area contributed by atoms with Crippen molar-refractivity contribution in [3.8, 4) is 0 Å². The van der Waals surface area contributed by atoms with Crippen LogP contribution in [0.25, 0.3) is 0 Å². The highest BCUT2D eigenvalue weighted by molar-refractivity contribution is 7.47. The van der Waals surface area contributed by atoms with Crippen LogP contribution in [0.3, 0.4) is 0 Å². The molecule has 99 heavy (non-hydrogen) atoms. The topological polar surface area (TPSA) is 231 Å². The summed E-state index contributed by atoms with van der Waals surface area (Å²) in [6.45, 7) is 2.26. The third-order valence-electron chi connectivity index (χ3n) is 14.9. The second-order valence-corrected chi connectivity index (χ2v) is 27.2. The third kappa shape index (κ3) is 73.9. The van der Waals surface area contributed by atoms with Crippen molar-refractivity contribution in [2.45, 2.75) is 283 Å². The maximum Gasteiger partial charge on any atom is 0.472 e. The molecule has 0 radical (unpaired) electrons. The summed E-state index contributed by atoms with van der Waals surface area (Å²) in [6.07, 6.45) is 91.1. The van der Waals surface area contributed by atoms with Gasteiger partial charge in [0.15, 0.2) is 6.10 Å². The van der Waals surface area contributed by atoms with Gasteiger partial charge in [0.05, 0.1) is 26.4 Å². The van der Waals surface area contributed by atoms with Crippen molar-refractivity contribution in [1.29, 1.82) is 0 Å². The highest BCUT2D eigenvalue weighted by atomic mass is 31.2. The predicted octanol–water partition coefficient (Wildman–Crippen LogP) is 21.6. The molecule has 0 saturated heterocycles. The van der Waals surface area contributed by atoms with E-state index in [1.54, 1.807) is 0 Å². The zero-order valence-electron chi connectivity index (χ0n) is 61.1. The molecule has 5 unspecified atom stereocenters. The lowest BCUT2D eigenvalue weighted by molar-refractivity contribution is -0.161. The van der Waals surface area contributed by atoms with Gasteiger partial charge >= 0.3 is 33.6 Å². The molecule has 0 bridgehead atoms. The normalized spacial score (nSPS) is 15.0. The molecule has 0 fully saturated rings. The number of hydrogen-bond donors (Lipinski definition) is 4. The highest BCUT2D eigenvalue weighted by Gasteiger charge is 2.29. The first kappa shape index (κ1) is 93.9. The van der Waals surface area contributed by atoms with Gasteiger partial charge in [0.2, 0.25) is 0 Å². The molecule has 562 valence electrons. The van der Waals surface area contributed by atoms with Crippen LogP contribution in [0, 0.1) is 0 Å². The molecule has 18 heteroatoms. The average Bonchev–Trinajstić information content (AvgIpc) is 2.62. The Morgan fingerprint density at radius 1 is 0.283 bits per heavy atom. The molecule has 4 N–H and O–H groups in total. The maximum atomic E-state index is 13.0. The molecular weight excluding hydrogens is 1290 g/mol. The number of carbonyl (C=O) groups is 3. The van der Waals surface area contributed by atoms with Crippen LogP contribution in [0.15, 0.2) is 170 Å². The molecule has 0 aliphatic rings. The summed E-state index contributed by atoms with van der Waals surface area (Å²) in [5.74, 6) is -1.64. The molecule has 0 aliphatic heterocycles. The number of phosphoric ester groups is 2. The predicted molar refractivity (Wildman–Crippen MR) is 408 cm³/mol. The van der Waals surface area contributed by atoms with Crippen LogP contribution in [0.1, 0.15) is 265 Å². The Morgan fingerprint density at radius 2 is 0.505 bits per heavy atom. The Morgan fingerprint density at radius 3 is 0.798 bits per heavy atom. The number of rotatable bonds is 69. The van der Waals surface area contributed by atoms with E-state index in [0.29, 0.717) is 19.3 Å². The van der Waals surface area contributed by atoms with Crippen molar-refractivity contribution in [1.82, 2.24) is 0 Å². The highest BCUT2D eigenvalue weighted by Crippen LogP contribution is 2.45. The van der Waals surface area contributed by atoms with Gasteiger partial charge in [0.1, 0.15) is 25.4 Å². The number of ether oxygens (including phenoxy) is 3. The fraction of sp³-hybridized carbons (Fsp3) is 0.617. The molecule has 0 spiro atoms. The van der Waals surface area contributed by atoms with Crippen LogP contribution in [0.2, 0.25) is 0 Å². The lowest BCUT2D eigenvalue weighted by Gasteiger charge is -2.21. The molecule has 0 heterocycles. The van der Waals surface area contributed by atoms with Gasteiger partial charge in [-0.05, 0) is 148 Å². The number of phosphoric acid groups is 2. The maximum absolute atomic E-state index is 13.0. The molecule has 0 aromatic heterocycles. The van der Waals surface area contributed by atoms with Crippen molar-refractivity contribution < 1.29 is 75.8 Å². The Balaban J connectivity index is 4.65. The van der Waals surface area contributed by atoms with Crippen molar-refractivity contribution in [3.63, 3.8) is 0 Å². The minimum absolute atomic E-state index is 0.0670. The van der Waals surface area contributed by atoms with Crippen LogP contribution >= 0.6 is 15.6 Å². The Labute approximate surface area is 599 Å². The second-order valence-electron chi connectivity index (χ2n) is 24.3. The van der Waals surface area contributed by atoms with Crippen LogP contribution in [-0.2, 0) is 55.8 Å². The van der Waals surface area contributed by atoms with E-state index in [1.165, 1.54) is 19.3 Å². The lowest BCUT2D eigenvalue weighted by Crippen LogP contribution is -2.30. The van der Waals surface area contributed by atoms with Gasteiger partial charge in [-0.2, -0.15) is 0 Å². The molecule has 0 aromatic carbocycles. The molecule has 16 nitrogen and oxygen atoms in total. The SMILES string of the molecule is CC/C=C\C/C=C\C/C=C\C/C=C\C/C=C\C/C=C\CCCCCCCCCCC(=O)OCC(O)COP(=O)(O)OCC(O)COP(=O)(O)OCC(COC(=O)CCCCCCCC/C=C\C/C=C\C/C=C\C/C=C\CC)OC(=O)CCCCCC/C=C\C/C=C\C/C=C\C/C=C\CC. The molecule has 5 atom stereocenters. The summed E-state index contributed by atoms with van der Waals surface area (Å²) in [5, 5.41) is 20.6. The van der Waals surface area contributed by atoms with Gasteiger partial charge in [0, 0.05) is 19.3 Å². The van der Waals surface area contributed by atoms with Gasteiger partial charge in [-0.3, -0.25) is 32.5 Å². The molecule has 0 amide bonds. The van der Waals surface area contributed by atoms with Gasteiger partial charge in [-0.15, -0.1) is 0 Å². The van der Waals surface area contributed by atoms with E-state index in [4.69, 9.17) is 32.3 Å². The summed E-state index contributed by atoms with van der Waals surface area (Å²) >= 11 is 0. The average molecular weight is 1420 g/mol. The van der Waals surface area contributed by atoms with Crippen molar-refractivity contribution in [2.24, 2.45) is 0 Å². The van der Waals surface area contributed by atoms with Gasteiger partial charge in [-0.1, -0.05) is 268 Å². The molecule has 0 saturated carbocycles. The van der Waals surface area contributed by atoms with E-state index in [1.807, 2.05) is 0 Å². The fourth-order valence-electron chi connectivity index (χ4n) is 9.32. The smallest absolute Gasteiger partial charge is 0.463 e. The molecule has 0 aliphatic carbocycles. The Bertz CT molecular complexity index is 2480. The van der Waals surface area contributed by atoms with Crippen LogP contribution < -0.4 is 0 Å². The van der Waals surface area contributed by atoms with E-state index in [2.05, 4.69) is 191 Å². The first-order chi connectivity index (χ1) is 48.2. The van der Waals surface area contributed by atoms with E-state index in [-0.39, 0.29) is 19.3 Å². The first-order valence-corrected chi connectivity index (χ1v) is 40.4. The molecule has 0 rings (SSSR count). The third-order valence-corrected chi connectivity index (χ3v) is 16.8. The Kier molecular flexibility index (Phi) is 69.0. The lowest BCUT2D eigenvalue weighted by atomic mass is 10.1. The largest absolute Gasteiger partial charge is 0.472 e. The molecular formula is C81H132O16P2. The minimum Gasteiger partial charge on any atom is -0.463 e. The summed E-state index contributed by atoms with van der Waals surface area (Å²) < 4.78 is 61.0. The number of hydrogen-bond acceptors (Lipinski definition) is 14. The number of esters is 3. The van der Waals surface area contributed by atoms with Gasteiger partial charge in [0.25, 0.3) is 0 Å². The van der Waals surface area contributed by atoms with Crippen LogP contribution in [0.5, 0.6) is 0 Å². The first-order valence-electron chi connectivity index (χ1n) is 37.4. The van der Waals surface area contributed by atoms with Crippen LogP contribution in [0.4, 0.5) is 0 Å². The van der Waals surface area contributed by atoms with Crippen LogP contribution in [-0.4, -0.2) is 95.9 Å². The van der Waals surface area contributed by atoms with Gasteiger partial charge in [-0.25, -0.2) is 9.13 Å². The van der Waals surface area contributed by atoms with Gasteiger partial charge < -0.3 is 34.2 Å².